The third kappa shape index (κ3) is 2.90. The molecule has 0 radical (unpaired) electrons. The molecule has 2 aromatic rings. The molecule has 106 valence electrons. The third-order valence-electron chi connectivity index (χ3n) is 2.90. The molecule has 1 atom stereocenters. The molecule has 1 unspecified atom stereocenters. The molecule has 0 aromatic heterocycles. The second kappa shape index (κ2) is 6.01. The highest BCUT2D eigenvalue weighted by molar-refractivity contribution is 14.1. The maximum Gasteiger partial charge on any atom is 0.134 e. The number of halogens is 4. The van der Waals surface area contributed by atoms with Gasteiger partial charge in [0.1, 0.15) is 23.2 Å². The van der Waals surface area contributed by atoms with Crippen LogP contribution >= 0.6 is 22.6 Å². The lowest BCUT2D eigenvalue weighted by atomic mass is 9.98. The summed E-state index contributed by atoms with van der Waals surface area (Å²) in [5.74, 6) is -1.95. The summed E-state index contributed by atoms with van der Waals surface area (Å²) in [6.45, 7) is 0. The predicted octanol–water partition coefficient (Wildman–Crippen LogP) is 3.77. The maximum absolute atomic E-state index is 14.0. The smallest absolute Gasteiger partial charge is 0.134 e. The van der Waals surface area contributed by atoms with E-state index in [0.29, 0.717) is 9.13 Å². The molecular weight excluding hydrogens is 382 g/mol. The Labute approximate surface area is 127 Å². The fourth-order valence-corrected chi connectivity index (χ4v) is 2.70. The number of nitrogens with two attached hydrogens (primary N) is 1. The van der Waals surface area contributed by atoms with Crippen LogP contribution < -0.4 is 10.5 Å². The van der Waals surface area contributed by atoms with Crippen molar-refractivity contribution in [1.82, 2.24) is 0 Å². The van der Waals surface area contributed by atoms with Crippen LogP contribution in [0.5, 0.6) is 5.75 Å². The van der Waals surface area contributed by atoms with Gasteiger partial charge in [-0.05, 0) is 40.3 Å². The summed E-state index contributed by atoms with van der Waals surface area (Å²) in [5, 5.41) is 0. The van der Waals surface area contributed by atoms with Gasteiger partial charge < -0.3 is 10.5 Å². The summed E-state index contributed by atoms with van der Waals surface area (Å²) >= 11 is 1.88. The van der Waals surface area contributed by atoms with Gasteiger partial charge in [0.05, 0.1) is 13.2 Å². The van der Waals surface area contributed by atoms with Gasteiger partial charge in [0.15, 0.2) is 0 Å². The van der Waals surface area contributed by atoms with Crippen molar-refractivity contribution in [2.45, 2.75) is 6.04 Å². The van der Waals surface area contributed by atoms with Crippen LogP contribution in [0.2, 0.25) is 0 Å². The van der Waals surface area contributed by atoms with Crippen molar-refractivity contribution in [3.05, 3.63) is 62.5 Å². The lowest BCUT2D eigenvalue weighted by Crippen LogP contribution is -2.17. The Bertz CT molecular complexity index is 625. The second-order valence-corrected chi connectivity index (χ2v) is 5.31. The van der Waals surface area contributed by atoms with E-state index in [4.69, 9.17) is 10.5 Å². The number of hydrogen-bond donors (Lipinski definition) is 1. The monoisotopic (exact) mass is 393 g/mol. The largest absolute Gasteiger partial charge is 0.497 e. The van der Waals surface area contributed by atoms with Gasteiger partial charge in [-0.15, -0.1) is 0 Å². The zero-order valence-corrected chi connectivity index (χ0v) is 12.6. The van der Waals surface area contributed by atoms with E-state index in [-0.39, 0.29) is 11.3 Å². The molecule has 0 aliphatic heterocycles. The fourth-order valence-electron chi connectivity index (χ4n) is 1.89. The van der Waals surface area contributed by atoms with Crippen molar-refractivity contribution in [2.24, 2.45) is 5.73 Å². The first-order chi connectivity index (χ1) is 9.43. The number of benzene rings is 2. The minimum atomic E-state index is -1.02. The van der Waals surface area contributed by atoms with Gasteiger partial charge in [-0.25, -0.2) is 13.2 Å². The van der Waals surface area contributed by atoms with Crippen LogP contribution in [0.3, 0.4) is 0 Å². The molecule has 2 rings (SSSR count). The van der Waals surface area contributed by atoms with Crippen LogP contribution in [0.25, 0.3) is 0 Å². The van der Waals surface area contributed by atoms with Crippen molar-refractivity contribution in [2.75, 3.05) is 7.11 Å². The van der Waals surface area contributed by atoms with Crippen molar-refractivity contribution in [1.29, 1.82) is 0 Å². The normalized spacial score (nSPS) is 12.3. The van der Waals surface area contributed by atoms with Crippen LogP contribution in [0, 0.1) is 21.0 Å². The lowest BCUT2D eigenvalue weighted by molar-refractivity contribution is 0.404. The van der Waals surface area contributed by atoms with Crippen molar-refractivity contribution >= 4 is 22.6 Å². The van der Waals surface area contributed by atoms with E-state index in [1.807, 2.05) is 22.6 Å². The van der Waals surface area contributed by atoms with E-state index in [0.717, 1.165) is 12.1 Å². The van der Waals surface area contributed by atoms with Crippen LogP contribution in [0.1, 0.15) is 17.2 Å². The quantitative estimate of drug-likeness (QED) is 0.807. The highest BCUT2D eigenvalue weighted by Gasteiger charge is 2.21. The molecule has 0 saturated heterocycles. The van der Waals surface area contributed by atoms with Crippen LogP contribution in [0.4, 0.5) is 13.2 Å². The van der Waals surface area contributed by atoms with Gasteiger partial charge in [0.25, 0.3) is 0 Å². The first kappa shape index (κ1) is 15.1. The summed E-state index contributed by atoms with van der Waals surface area (Å²) in [7, 11) is 1.32. The Balaban J connectivity index is 2.50. The summed E-state index contributed by atoms with van der Waals surface area (Å²) in [6.07, 6.45) is 0. The molecule has 0 bridgehead atoms. The van der Waals surface area contributed by atoms with Gasteiger partial charge in [-0.3, -0.25) is 0 Å². The van der Waals surface area contributed by atoms with Crippen LogP contribution in [-0.2, 0) is 0 Å². The molecule has 0 aliphatic carbocycles. The molecule has 6 heteroatoms. The van der Waals surface area contributed by atoms with E-state index in [9.17, 15) is 13.2 Å². The molecule has 0 fully saturated rings. The number of methoxy groups -OCH3 is 1. The maximum atomic E-state index is 14.0. The van der Waals surface area contributed by atoms with Gasteiger partial charge in [-0.2, -0.15) is 0 Å². The minimum Gasteiger partial charge on any atom is -0.497 e. The molecule has 20 heavy (non-hydrogen) atoms. The van der Waals surface area contributed by atoms with E-state index < -0.39 is 23.5 Å². The second-order valence-electron chi connectivity index (χ2n) is 4.15. The molecule has 2 N–H and O–H groups in total. The number of rotatable bonds is 3. The number of hydrogen-bond acceptors (Lipinski definition) is 2. The molecule has 0 heterocycles. The lowest BCUT2D eigenvalue weighted by Gasteiger charge is -2.17. The van der Waals surface area contributed by atoms with E-state index in [1.165, 1.54) is 25.3 Å². The molecule has 0 amide bonds. The highest BCUT2D eigenvalue weighted by atomic mass is 127. The predicted molar refractivity (Wildman–Crippen MR) is 78.1 cm³/mol. The van der Waals surface area contributed by atoms with Gasteiger partial charge in [0, 0.05) is 21.3 Å². The molecule has 2 aromatic carbocycles. The Morgan fingerprint density at radius 3 is 2.20 bits per heavy atom. The molecular formula is C14H11F3INO. The van der Waals surface area contributed by atoms with Crippen molar-refractivity contribution in [3.63, 3.8) is 0 Å². The Hall–Kier alpha value is -1.28. The Kier molecular flexibility index (Phi) is 4.54. The minimum absolute atomic E-state index is 0.0738. The van der Waals surface area contributed by atoms with Crippen LogP contribution in [0.15, 0.2) is 30.3 Å². The zero-order chi connectivity index (χ0) is 14.9. The first-order valence-electron chi connectivity index (χ1n) is 5.67. The molecule has 0 aliphatic rings. The molecule has 0 saturated carbocycles. The summed E-state index contributed by atoms with van der Waals surface area (Å²) < 4.78 is 46.3. The third-order valence-corrected chi connectivity index (χ3v) is 3.83. The van der Waals surface area contributed by atoms with Gasteiger partial charge >= 0.3 is 0 Å². The van der Waals surface area contributed by atoms with E-state index in [1.54, 1.807) is 0 Å². The highest BCUT2D eigenvalue weighted by Crippen LogP contribution is 2.30. The van der Waals surface area contributed by atoms with E-state index >= 15 is 0 Å². The first-order valence-corrected chi connectivity index (χ1v) is 6.75. The topological polar surface area (TPSA) is 35.2 Å². The summed E-state index contributed by atoms with van der Waals surface area (Å²) in [4.78, 5) is 0. The molecule has 2 nitrogen and oxygen atoms in total. The average molecular weight is 393 g/mol. The summed E-state index contributed by atoms with van der Waals surface area (Å²) in [5.41, 5.74) is 6.10. The standard InChI is InChI=1S/C14H11F3INO/c1-20-8-5-10(16)13(11(17)6-8)14(19)9-3-2-7(15)4-12(9)18/h2-6,14H,19H2,1H3. The fraction of sp³-hybridized carbons (Fsp3) is 0.143. The molecule has 0 spiro atoms. The summed E-state index contributed by atoms with van der Waals surface area (Å²) in [6, 6.07) is 4.99. The van der Waals surface area contributed by atoms with Crippen molar-refractivity contribution in [3.8, 4) is 5.75 Å². The Morgan fingerprint density at radius 2 is 1.70 bits per heavy atom. The number of ether oxygens (including phenoxy) is 1. The average Bonchev–Trinajstić information content (AvgIpc) is 2.37. The SMILES string of the molecule is COc1cc(F)c(C(N)c2ccc(F)cc2I)c(F)c1. The van der Waals surface area contributed by atoms with Crippen molar-refractivity contribution < 1.29 is 17.9 Å². The van der Waals surface area contributed by atoms with Gasteiger partial charge in [0.2, 0.25) is 0 Å². The zero-order valence-electron chi connectivity index (χ0n) is 10.5. The van der Waals surface area contributed by atoms with E-state index in [2.05, 4.69) is 0 Å². The Morgan fingerprint density at radius 1 is 1.10 bits per heavy atom. The van der Waals surface area contributed by atoms with Gasteiger partial charge in [-0.1, -0.05) is 6.07 Å². The van der Waals surface area contributed by atoms with Crippen LogP contribution in [-0.4, -0.2) is 7.11 Å².